The molecule has 0 heterocycles. The van der Waals surface area contributed by atoms with Gasteiger partial charge in [0.1, 0.15) is 11.8 Å². The van der Waals surface area contributed by atoms with E-state index < -0.39 is 12.2 Å². The maximum atomic E-state index is 12.2. The molecule has 0 unspecified atom stereocenters. The Morgan fingerprint density at radius 1 is 1.36 bits per heavy atom. The van der Waals surface area contributed by atoms with Crippen molar-refractivity contribution in [2.45, 2.75) is 12.2 Å². The van der Waals surface area contributed by atoms with Crippen molar-refractivity contribution in [3.63, 3.8) is 0 Å². The second kappa shape index (κ2) is 3.78. The van der Waals surface area contributed by atoms with Crippen LogP contribution >= 0.6 is 15.9 Å². The van der Waals surface area contributed by atoms with Crippen LogP contribution in [0.3, 0.4) is 0 Å². The molecule has 0 aliphatic rings. The molecular formula is C8H7BrF3NO. The van der Waals surface area contributed by atoms with Crippen molar-refractivity contribution in [3.05, 3.63) is 28.2 Å². The summed E-state index contributed by atoms with van der Waals surface area (Å²) in [7, 11) is 0. The Morgan fingerprint density at radius 2 is 1.93 bits per heavy atom. The number of rotatable bonds is 1. The van der Waals surface area contributed by atoms with Crippen LogP contribution in [0.5, 0.6) is 5.75 Å². The van der Waals surface area contributed by atoms with Crippen molar-refractivity contribution in [2.24, 2.45) is 5.73 Å². The van der Waals surface area contributed by atoms with E-state index in [9.17, 15) is 13.2 Å². The first-order valence-electron chi connectivity index (χ1n) is 3.63. The van der Waals surface area contributed by atoms with Crippen LogP contribution in [0.2, 0.25) is 0 Å². The van der Waals surface area contributed by atoms with Crippen LogP contribution in [0.4, 0.5) is 13.2 Å². The molecule has 0 aliphatic heterocycles. The van der Waals surface area contributed by atoms with Gasteiger partial charge >= 0.3 is 6.18 Å². The lowest BCUT2D eigenvalue weighted by Gasteiger charge is -2.17. The summed E-state index contributed by atoms with van der Waals surface area (Å²) in [5.41, 5.74) is 4.88. The van der Waals surface area contributed by atoms with Crippen LogP contribution in [0.25, 0.3) is 0 Å². The third kappa shape index (κ3) is 2.39. The molecule has 0 aromatic heterocycles. The fourth-order valence-corrected chi connectivity index (χ4v) is 1.56. The van der Waals surface area contributed by atoms with Gasteiger partial charge < -0.3 is 10.8 Å². The second-order valence-corrected chi connectivity index (χ2v) is 3.58. The van der Waals surface area contributed by atoms with E-state index in [0.29, 0.717) is 0 Å². The van der Waals surface area contributed by atoms with Gasteiger partial charge in [-0.25, -0.2) is 0 Å². The fraction of sp³-hybridized carbons (Fsp3) is 0.250. The number of benzene rings is 1. The van der Waals surface area contributed by atoms with E-state index >= 15 is 0 Å². The molecule has 14 heavy (non-hydrogen) atoms. The number of aromatic hydroxyl groups is 1. The maximum absolute atomic E-state index is 12.2. The Hall–Kier alpha value is -0.750. The first kappa shape index (κ1) is 11.3. The van der Waals surface area contributed by atoms with Crippen molar-refractivity contribution in [1.82, 2.24) is 0 Å². The van der Waals surface area contributed by atoms with Gasteiger partial charge in [-0.15, -0.1) is 0 Å². The predicted molar refractivity (Wildman–Crippen MR) is 48.8 cm³/mol. The molecule has 0 amide bonds. The van der Waals surface area contributed by atoms with E-state index in [2.05, 4.69) is 15.9 Å². The quantitative estimate of drug-likeness (QED) is 0.824. The largest absolute Gasteiger partial charge is 0.508 e. The zero-order chi connectivity index (χ0) is 10.9. The minimum atomic E-state index is -4.49. The van der Waals surface area contributed by atoms with Crippen LogP contribution in [0.1, 0.15) is 11.6 Å². The van der Waals surface area contributed by atoms with Crippen molar-refractivity contribution in [3.8, 4) is 5.75 Å². The lowest BCUT2D eigenvalue weighted by molar-refractivity contribution is -0.149. The summed E-state index contributed by atoms with van der Waals surface area (Å²) in [6.45, 7) is 0. The highest BCUT2D eigenvalue weighted by molar-refractivity contribution is 9.10. The van der Waals surface area contributed by atoms with Gasteiger partial charge in [0.05, 0.1) is 0 Å². The summed E-state index contributed by atoms with van der Waals surface area (Å²) in [5.74, 6) is -0.116. The van der Waals surface area contributed by atoms with Gasteiger partial charge in [0, 0.05) is 4.47 Å². The molecular weight excluding hydrogens is 263 g/mol. The molecule has 0 bridgehead atoms. The monoisotopic (exact) mass is 269 g/mol. The number of phenols is 1. The zero-order valence-electron chi connectivity index (χ0n) is 6.85. The predicted octanol–water partition coefficient (Wildman–Crippen LogP) is 2.72. The summed E-state index contributed by atoms with van der Waals surface area (Å²) in [4.78, 5) is 0. The van der Waals surface area contributed by atoms with Crippen molar-refractivity contribution < 1.29 is 18.3 Å². The van der Waals surface area contributed by atoms with Gasteiger partial charge in [-0.05, 0) is 17.7 Å². The molecule has 0 aliphatic carbocycles. The summed E-state index contributed by atoms with van der Waals surface area (Å²) in [6, 6.07) is 1.42. The maximum Gasteiger partial charge on any atom is 0.407 e. The Bertz CT molecular complexity index is 340. The highest BCUT2D eigenvalue weighted by atomic mass is 79.9. The van der Waals surface area contributed by atoms with Crippen LogP contribution in [0.15, 0.2) is 22.7 Å². The summed E-state index contributed by atoms with van der Waals surface area (Å²) < 4.78 is 36.8. The van der Waals surface area contributed by atoms with E-state index in [1.807, 2.05) is 0 Å². The van der Waals surface area contributed by atoms with Gasteiger partial charge in [-0.3, -0.25) is 0 Å². The van der Waals surface area contributed by atoms with E-state index in [1.54, 1.807) is 0 Å². The summed E-state index contributed by atoms with van der Waals surface area (Å²) in [6.07, 6.45) is -4.49. The average Bonchev–Trinajstić information content (AvgIpc) is 2.01. The van der Waals surface area contributed by atoms with Crippen LogP contribution in [-0.2, 0) is 0 Å². The number of phenolic OH excluding ortho intramolecular Hbond substituents is 1. The number of nitrogens with two attached hydrogens (primary N) is 1. The smallest absolute Gasteiger partial charge is 0.407 e. The van der Waals surface area contributed by atoms with Crippen LogP contribution in [0, 0.1) is 0 Å². The SMILES string of the molecule is N[C@@H](c1ccc(O)cc1Br)C(F)(F)F. The minimum absolute atomic E-state index is 0.102. The first-order valence-corrected chi connectivity index (χ1v) is 4.42. The number of hydrogen-bond donors (Lipinski definition) is 2. The van der Waals surface area contributed by atoms with E-state index in [0.717, 1.165) is 12.1 Å². The third-order valence-corrected chi connectivity index (χ3v) is 2.36. The van der Waals surface area contributed by atoms with Gasteiger partial charge in [0.2, 0.25) is 0 Å². The molecule has 0 spiro atoms. The molecule has 0 saturated carbocycles. The Kier molecular flexibility index (Phi) is 3.06. The Balaban J connectivity index is 3.08. The van der Waals surface area contributed by atoms with Gasteiger partial charge in [-0.2, -0.15) is 13.2 Å². The van der Waals surface area contributed by atoms with Gasteiger partial charge in [0.25, 0.3) is 0 Å². The fourth-order valence-electron chi connectivity index (χ4n) is 0.945. The van der Waals surface area contributed by atoms with Crippen LogP contribution < -0.4 is 5.73 Å². The highest BCUT2D eigenvalue weighted by Crippen LogP contribution is 2.35. The lowest BCUT2D eigenvalue weighted by atomic mass is 10.1. The zero-order valence-corrected chi connectivity index (χ0v) is 8.43. The molecule has 0 radical (unpaired) electrons. The van der Waals surface area contributed by atoms with Crippen molar-refractivity contribution in [1.29, 1.82) is 0 Å². The molecule has 1 aromatic rings. The lowest BCUT2D eigenvalue weighted by Crippen LogP contribution is -2.28. The van der Waals surface area contributed by atoms with E-state index in [-0.39, 0.29) is 15.8 Å². The molecule has 6 heteroatoms. The van der Waals surface area contributed by atoms with Crippen LogP contribution in [-0.4, -0.2) is 11.3 Å². The molecule has 1 atom stereocenters. The minimum Gasteiger partial charge on any atom is -0.508 e. The normalized spacial score (nSPS) is 14.1. The summed E-state index contributed by atoms with van der Waals surface area (Å²) in [5, 5.41) is 8.97. The van der Waals surface area contributed by atoms with E-state index in [1.165, 1.54) is 6.07 Å². The Morgan fingerprint density at radius 3 is 2.36 bits per heavy atom. The molecule has 3 N–H and O–H groups in total. The molecule has 1 aromatic carbocycles. The highest BCUT2D eigenvalue weighted by Gasteiger charge is 2.38. The standard InChI is InChI=1S/C8H7BrF3NO/c9-6-3-4(14)1-2-5(6)7(13)8(10,11)12/h1-3,7,14H,13H2/t7-/m0/s1. The van der Waals surface area contributed by atoms with Gasteiger partial charge in [0.15, 0.2) is 0 Å². The average molecular weight is 270 g/mol. The van der Waals surface area contributed by atoms with E-state index in [4.69, 9.17) is 10.8 Å². The molecule has 78 valence electrons. The third-order valence-electron chi connectivity index (χ3n) is 1.67. The number of alkyl halides is 3. The first-order chi connectivity index (χ1) is 6.32. The number of hydrogen-bond acceptors (Lipinski definition) is 2. The topological polar surface area (TPSA) is 46.2 Å². The molecule has 2 nitrogen and oxygen atoms in total. The molecule has 1 rings (SSSR count). The Labute approximate surface area is 86.7 Å². The van der Waals surface area contributed by atoms with Gasteiger partial charge in [-0.1, -0.05) is 22.0 Å². The van der Waals surface area contributed by atoms with Crippen molar-refractivity contribution in [2.75, 3.05) is 0 Å². The second-order valence-electron chi connectivity index (χ2n) is 2.73. The summed E-state index contributed by atoms with van der Waals surface area (Å²) >= 11 is 2.90. The number of halogens is 4. The molecule has 0 fully saturated rings. The van der Waals surface area contributed by atoms with Crippen molar-refractivity contribution >= 4 is 15.9 Å². The molecule has 0 saturated heterocycles.